The Morgan fingerprint density at radius 1 is 1.12 bits per heavy atom. The SMILES string of the molecule is CC12CCC3C(CCC4=CC(=NOCCCN)CCC43C)C1CCC2=O. The van der Waals surface area contributed by atoms with E-state index in [-0.39, 0.29) is 5.41 Å². The third-order valence-corrected chi connectivity index (χ3v) is 8.31. The normalized spacial score (nSPS) is 43.5. The second-order valence-corrected chi connectivity index (χ2v) is 9.48. The largest absolute Gasteiger partial charge is 0.396 e. The molecule has 4 nitrogen and oxygen atoms in total. The number of allylic oxidation sites excluding steroid dienone is 2. The van der Waals surface area contributed by atoms with E-state index in [0.717, 1.165) is 49.7 Å². The summed E-state index contributed by atoms with van der Waals surface area (Å²) < 4.78 is 0. The highest BCUT2D eigenvalue weighted by molar-refractivity contribution is 5.96. The molecule has 0 aromatic carbocycles. The predicted octanol–water partition coefficient (Wildman–Crippen LogP) is 4.24. The van der Waals surface area contributed by atoms with Crippen LogP contribution in [0.4, 0.5) is 0 Å². The predicted molar refractivity (Wildman–Crippen MR) is 104 cm³/mol. The molecule has 4 aliphatic rings. The molecule has 0 aliphatic heterocycles. The van der Waals surface area contributed by atoms with E-state index >= 15 is 0 Å². The zero-order valence-electron chi connectivity index (χ0n) is 16.4. The van der Waals surface area contributed by atoms with Crippen molar-refractivity contribution in [3.63, 3.8) is 0 Å². The number of carbonyl (C=O) groups is 1. The van der Waals surface area contributed by atoms with Gasteiger partial charge in [0.1, 0.15) is 12.4 Å². The van der Waals surface area contributed by atoms with Crippen LogP contribution < -0.4 is 5.73 Å². The van der Waals surface area contributed by atoms with Gasteiger partial charge in [0, 0.05) is 11.8 Å². The minimum absolute atomic E-state index is 0.0170. The quantitative estimate of drug-likeness (QED) is 0.604. The van der Waals surface area contributed by atoms with Gasteiger partial charge in [0.2, 0.25) is 0 Å². The van der Waals surface area contributed by atoms with Crippen LogP contribution in [0.3, 0.4) is 0 Å². The molecule has 5 unspecified atom stereocenters. The Kier molecular flexibility index (Phi) is 4.75. The van der Waals surface area contributed by atoms with Gasteiger partial charge in [0.25, 0.3) is 0 Å². The fourth-order valence-electron chi connectivity index (χ4n) is 6.69. The number of hydrogen-bond acceptors (Lipinski definition) is 4. The summed E-state index contributed by atoms with van der Waals surface area (Å²) in [7, 11) is 0. The van der Waals surface area contributed by atoms with Gasteiger partial charge in [-0.25, -0.2) is 0 Å². The molecule has 2 N–H and O–H groups in total. The van der Waals surface area contributed by atoms with E-state index in [9.17, 15) is 4.79 Å². The highest BCUT2D eigenvalue weighted by atomic mass is 16.6. The molecule has 0 saturated heterocycles. The molecule has 0 bridgehead atoms. The lowest BCUT2D eigenvalue weighted by molar-refractivity contribution is -0.132. The van der Waals surface area contributed by atoms with Crippen LogP contribution in [0, 0.1) is 28.6 Å². The average Bonchev–Trinajstić information content (AvgIpc) is 2.94. The summed E-state index contributed by atoms with van der Waals surface area (Å²) in [5.74, 6) is 2.65. The molecule has 26 heavy (non-hydrogen) atoms. The standard InChI is InChI=1S/C22H34N2O2/c1-21-10-8-16(24-26-13-3-12-23)14-15(21)4-5-17-18-6-7-20(25)22(18,2)11-9-19(17)21/h14,17-19H,3-13,23H2,1-2H3. The van der Waals surface area contributed by atoms with Crippen LogP contribution in [0.15, 0.2) is 16.8 Å². The second kappa shape index (κ2) is 6.78. The van der Waals surface area contributed by atoms with Crippen LogP contribution in [0.1, 0.15) is 71.6 Å². The molecule has 0 amide bonds. The van der Waals surface area contributed by atoms with Crippen molar-refractivity contribution in [2.75, 3.05) is 13.2 Å². The summed E-state index contributed by atoms with van der Waals surface area (Å²) in [6.45, 7) is 6.01. The maximum atomic E-state index is 12.5. The number of rotatable bonds is 4. The smallest absolute Gasteiger partial charge is 0.139 e. The third kappa shape index (κ3) is 2.76. The molecule has 0 radical (unpaired) electrons. The Morgan fingerprint density at radius 3 is 2.73 bits per heavy atom. The van der Waals surface area contributed by atoms with Gasteiger partial charge < -0.3 is 10.6 Å². The first kappa shape index (κ1) is 18.2. The maximum absolute atomic E-state index is 12.5. The topological polar surface area (TPSA) is 64.7 Å². The van der Waals surface area contributed by atoms with Gasteiger partial charge in [-0.2, -0.15) is 0 Å². The number of Topliss-reactive ketones (excluding diaryl/α,β-unsaturated/α-hetero) is 1. The first-order valence-electron chi connectivity index (χ1n) is 10.6. The van der Waals surface area contributed by atoms with Crippen molar-refractivity contribution in [3.05, 3.63) is 11.6 Å². The molecule has 5 atom stereocenters. The minimum atomic E-state index is -0.0170. The summed E-state index contributed by atoms with van der Waals surface area (Å²) in [4.78, 5) is 17.9. The van der Waals surface area contributed by atoms with Crippen molar-refractivity contribution in [1.29, 1.82) is 0 Å². The Hall–Kier alpha value is -1.16. The van der Waals surface area contributed by atoms with Crippen molar-refractivity contribution >= 4 is 11.5 Å². The molecule has 4 heteroatoms. The number of carbonyl (C=O) groups excluding carboxylic acids is 1. The number of hydrogen-bond donors (Lipinski definition) is 1. The van der Waals surface area contributed by atoms with Crippen molar-refractivity contribution in [3.8, 4) is 0 Å². The molecule has 144 valence electrons. The Balaban J connectivity index is 1.53. The van der Waals surface area contributed by atoms with Gasteiger partial charge in [-0.05, 0) is 87.2 Å². The van der Waals surface area contributed by atoms with E-state index in [4.69, 9.17) is 10.6 Å². The number of oxime groups is 1. The molecule has 3 saturated carbocycles. The van der Waals surface area contributed by atoms with E-state index in [1.54, 1.807) is 5.57 Å². The van der Waals surface area contributed by atoms with E-state index in [2.05, 4.69) is 25.1 Å². The van der Waals surface area contributed by atoms with Crippen LogP contribution in [0.2, 0.25) is 0 Å². The molecule has 0 spiro atoms. The lowest BCUT2D eigenvalue weighted by Crippen LogP contribution is -2.50. The first-order valence-corrected chi connectivity index (χ1v) is 10.6. The van der Waals surface area contributed by atoms with Gasteiger partial charge in [-0.1, -0.05) is 24.6 Å². The van der Waals surface area contributed by atoms with Crippen LogP contribution in [0.5, 0.6) is 0 Å². The van der Waals surface area contributed by atoms with E-state index in [0.29, 0.717) is 30.3 Å². The lowest BCUT2D eigenvalue weighted by atomic mass is 9.47. The van der Waals surface area contributed by atoms with Crippen molar-refractivity contribution in [2.24, 2.45) is 39.5 Å². The Bertz CT molecular complexity index is 640. The number of nitrogens with zero attached hydrogens (tertiary/aromatic N) is 1. The van der Waals surface area contributed by atoms with Crippen LogP contribution >= 0.6 is 0 Å². The van der Waals surface area contributed by atoms with Gasteiger partial charge in [-0.3, -0.25) is 4.79 Å². The molecule has 0 aromatic heterocycles. The van der Waals surface area contributed by atoms with Gasteiger partial charge in [0.15, 0.2) is 0 Å². The summed E-state index contributed by atoms with van der Waals surface area (Å²) >= 11 is 0. The van der Waals surface area contributed by atoms with Gasteiger partial charge >= 0.3 is 0 Å². The lowest BCUT2D eigenvalue weighted by Gasteiger charge is -2.57. The molecular formula is C22H34N2O2. The molecule has 4 aliphatic carbocycles. The first-order chi connectivity index (χ1) is 12.5. The minimum Gasteiger partial charge on any atom is -0.396 e. The molecule has 4 rings (SSSR count). The zero-order chi connectivity index (χ0) is 18.4. The van der Waals surface area contributed by atoms with E-state index < -0.39 is 0 Å². The summed E-state index contributed by atoms with van der Waals surface area (Å²) in [5.41, 5.74) is 8.47. The van der Waals surface area contributed by atoms with Crippen molar-refractivity contribution in [2.45, 2.75) is 71.6 Å². The molecule has 3 fully saturated rings. The van der Waals surface area contributed by atoms with Gasteiger partial charge in [-0.15, -0.1) is 0 Å². The summed E-state index contributed by atoms with van der Waals surface area (Å²) in [6, 6.07) is 0. The summed E-state index contributed by atoms with van der Waals surface area (Å²) in [5, 5.41) is 4.36. The second-order valence-electron chi connectivity index (χ2n) is 9.48. The van der Waals surface area contributed by atoms with E-state index in [1.807, 2.05) is 0 Å². The number of fused-ring (bicyclic) bond motifs is 5. The number of ketones is 1. The highest BCUT2D eigenvalue weighted by Gasteiger charge is 2.58. The third-order valence-electron chi connectivity index (χ3n) is 8.31. The highest BCUT2D eigenvalue weighted by Crippen LogP contribution is 2.64. The zero-order valence-corrected chi connectivity index (χ0v) is 16.4. The maximum Gasteiger partial charge on any atom is 0.139 e. The number of nitrogens with two attached hydrogens (primary N) is 1. The van der Waals surface area contributed by atoms with Crippen LogP contribution in [0.25, 0.3) is 0 Å². The average molecular weight is 359 g/mol. The Labute approximate surface area is 157 Å². The van der Waals surface area contributed by atoms with Crippen molar-refractivity contribution < 1.29 is 9.63 Å². The molecule has 0 heterocycles. The van der Waals surface area contributed by atoms with E-state index in [1.165, 1.54) is 25.7 Å². The molecule has 0 aromatic rings. The fourth-order valence-corrected chi connectivity index (χ4v) is 6.69. The van der Waals surface area contributed by atoms with Gasteiger partial charge in [0.05, 0.1) is 5.71 Å². The molecular weight excluding hydrogens is 324 g/mol. The fraction of sp³-hybridized carbons (Fsp3) is 0.818. The Morgan fingerprint density at radius 2 is 1.92 bits per heavy atom. The summed E-state index contributed by atoms with van der Waals surface area (Å²) in [6.07, 6.45) is 12.1. The van der Waals surface area contributed by atoms with Crippen LogP contribution in [-0.4, -0.2) is 24.6 Å². The van der Waals surface area contributed by atoms with Crippen LogP contribution in [-0.2, 0) is 9.63 Å². The van der Waals surface area contributed by atoms with Crippen molar-refractivity contribution in [1.82, 2.24) is 0 Å². The monoisotopic (exact) mass is 358 g/mol.